The fourth-order valence-electron chi connectivity index (χ4n) is 2.54. The summed E-state index contributed by atoms with van der Waals surface area (Å²) in [4.78, 5) is 16.2. The Kier molecular flexibility index (Phi) is 4.53. The van der Waals surface area contributed by atoms with Crippen molar-refractivity contribution in [3.63, 3.8) is 0 Å². The van der Waals surface area contributed by atoms with E-state index in [1.807, 2.05) is 0 Å². The number of nitrogens with zero attached hydrogens (tertiary/aromatic N) is 2. The van der Waals surface area contributed by atoms with Crippen molar-refractivity contribution in [1.82, 2.24) is 20.8 Å². The van der Waals surface area contributed by atoms with Crippen molar-refractivity contribution in [1.29, 1.82) is 0 Å². The zero-order valence-corrected chi connectivity index (χ0v) is 12.5. The van der Waals surface area contributed by atoms with Crippen molar-refractivity contribution >= 4 is 5.91 Å². The molecule has 0 aromatic carbocycles. The molecule has 7 nitrogen and oxygen atoms in total. The number of hydrogen-bond donors (Lipinski definition) is 2. The summed E-state index contributed by atoms with van der Waals surface area (Å²) in [5.74, 6) is 1.92. The summed E-state index contributed by atoms with van der Waals surface area (Å²) in [5.41, 5.74) is 0. The van der Waals surface area contributed by atoms with Crippen LogP contribution in [0.2, 0.25) is 0 Å². The number of hydrogen-bond acceptors (Lipinski definition) is 6. The monoisotopic (exact) mass is 304 g/mol. The summed E-state index contributed by atoms with van der Waals surface area (Å²) in [6.07, 6.45) is 3.40. The lowest BCUT2D eigenvalue weighted by Crippen LogP contribution is -2.50. The van der Waals surface area contributed by atoms with E-state index in [0.717, 1.165) is 19.5 Å². The highest BCUT2D eigenvalue weighted by Crippen LogP contribution is 2.16. The molecule has 2 aromatic heterocycles. The van der Waals surface area contributed by atoms with Crippen molar-refractivity contribution in [2.75, 3.05) is 13.1 Å². The van der Waals surface area contributed by atoms with Gasteiger partial charge in [0.25, 0.3) is 0 Å². The molecule has 2 aromatic rings. The first-order valence-corrected chi connectivity index (χ1v) is 7.59. The first-order valence-electron chi connectivity index (χ1n) is 7.59. The van der Waals surface area contributed by atoms with E-state index in [2.05, 4.69) is 27.7 Å². The first-order chi connectivity index (χ1) is 10.7. The highest BCUT2D eigenvalue weighted by atomic mass is 16.5. The van der Waals surface area contributed by atoms with Gasteiger partial charge in [0, 0.05) is 25.4 Å². The molecule has 1 aliphatic heterocycles. The summed E-state index contributed by atoms with van der Waals surface area (Å²) in [6.45, 7) is 4.01. The molecule has 0 bridgehead atoms. The molecular weight excluding hydrogens is 284 g/mol. The molecule has 22 heavy (non-hydrogen) atoms. The zero-order chi connectivity index (χ0) is 15.4. The summed E-state index contributed by atoms with van der Waals surface area (Å²) >= 11 is 0. The Hall–Kier alpha value is -2.15. The topological polar surface area (TPSA) is 93.2 Å². The quantitative estimate of drug-likeness (QED) is 0.866. The van der Waals surface area contributed by atoms with Crippen LogP contribution >= 0.6 is 0 Å². The summed E-state index contributed by atoms with van der Waals surface area (Å²) in [7, 11) is 0. The van der Waals surface area contributed by atoms with Crippen molar-refractivity contribution in [3.8, 4) is 11.6 Å². The van der Waals surface area contributed by atoms with Gasteiger partial charge >= 0.3 is 0 Å². The van der Waals surface area contributed by atoms with E-state index in [-0.39, 0.29) is 11.9 Å². The molecular formula is C15H20N4O3. The van der Waals surface area contributed by atoms with E-state index in [4.69, 9.17) is 8.94 Å². The minimum atomic E-state index is 0.0123. The van der Waals surface area contributed by atoms with Gasteiger partial charge in [0.1, 0.15) is 0 Å². The Bertz CT molecular complexity index is 608. The van der Waals surface area contributed by atoms with Crippen molar-refractivity contribution < 1.29 is 13.7 Å². The van der Waals surface area contributed by atoms with Gasteiger partial charge in [-0.1, -0.05) is 12.1 Å². The second-order valence-corrected chi connectivity index (χ2v) is 5.63. The lowest BCUT2D eigenvalue weighted by atomic mass is 9.95. The third kappa shape index (κ3) is 3.54. The largest absolute Gasteiger partial charge is 0.461 e. The summed E-state index contributed by atoms with van der Waals surface area (Å²) in [5, 5.41) is 10.2. The van der Waals surface area contributed by atoms with Crippen LogP contribution < -0.4 is 10.6 Å². The summed E-state index contributed by atoms with van der Waals surface area (Å²) in [6, 6.07) is 3.72. The number of amides is 1. The summed E-state index contributed by atoms with van der Waals surface area (Å²) < 4.78 is 10.3. The average Bonchev–Trinajstić information content (AvgIpc) is 3.18. The number of furan rings is 1. The molecule has 1 fully saturated rings. The standard InChI is InChI=1S/C15H20N4O3/c1-10-6-7-16-9-11(10)17-13(20)4-5-14-18-15(19-22-14)12-3-2-8-21-12/h2-3,8,10-11,16H,4-7,9H2,1H3,(H,17,20). The van der Waals surface area contributed by atoms with Gasteiger partial charge < -0.3 is 19.6 Å². The van der Waals surface area contributed by atoms with Crippen molar-refractivity contribution in [2.24, 2.45) is 5.92 Å². The van der Waals surface area contributed by atoms with Gasteiger partial charge in [-0.15, -0.1) is 0 Å². The molecule has 0 aliphatic carbocycles. The predicted molar refractivity (Wildman–Crippen MR) is 78.9 cm³/mol. The maximum atomic E-state index is 12.0. The van der Waals surface area contributed by atoms with E-state index >= 15 is 0 Å². The molecule has 1 amide bonds. The number of rotatable bonds is 5. The van der Waals surface area contributed by atoms with E-state index in [1.165, 1.54) is 0 Å². The highest BCUT2D eigenvalue weighted by Gasteiger charge is 2.22. The fraction of sp³-hybridized carbons (Fsp3) is 0.533. The Morgan fingerprint density at radius 2 is 2.45 bits per heavy atom. The minimum absolute atomic E-state index is 0.0123. The zero-order valence-electron chi connectivity index (χ0n) is 12.5. The maximum Gasteiger partial charge on any atom is 0.238 e. The second-order valence-electron chi connectivity index (χ2n) is 5.63. The lowest BCUT2D eigenvalue weighted by molar-refractivity contribution is -0.122. The van der Waals surface area contributed by atoms with Crippen LogP contribution in [-0.4, -0.2) is 35.2 Å². The predicted octanol–water partition coefficient (Wildman–Crippen LogP) is 1.38. The fourth-order valence-corrected chi connectivity index (χ4v) is 2.54. The number of carbonyl (C=O) groups excluding carboxylic acids is 1. The lowest BCUT2D eigenvalue weighted by Gasteiger charge is -2.30. The SMILES string of the molecule is CC1CCNCC1NC(=O)CCc1nc(-c2ccco2)no1. The van der Waals surface area contributed by atoms with Gasteiger partial charge in [-0.25, -0.2) is 0 Å². The Labute approximate surface area is 128 Å². The molecule has 2 atom stereocenters. The third-order valence-electron chi connectivity index (χ3n) is 3.95. The molecule has 3 rings (SSSR count). The third-order valence-corrected chi connectivity index (χ3v) is 3.95. The number of piperidine rings is 1. The van der Waals surface area contributed by atoms with Gasteiger partial charge in [0.15, 0.2) is 5.76 Å². The number of carbonyl (C=O) groups is 1. The second kappa shape index (κ2) is 6.74. The Balaban J connectivity index is 1.49. The van der Waals surface area contributed by atoms with Gasteiger partial charge in [0.2, 0.25) is 17.6 Å². The van der Waals surface area contributed by atoms with E-state index < -0.39 is 0 Å². The maximum absolute atomic E-state index is 12.0. The normalized spacial score (nSPS) is 21.7. The molecule has 0 radical (unpaired) electrons. The van der Waals surface area contributed by atoms with Gasteiger partial charge in [-0.3, -0.25) is 4.79 Å². The van der Waals surface area contributed by atoms with Gasteiger partial charge in [-0.2, -0.15) is 4.98 Å². The molecule has 7 heteroatoms. The van der Waals surface area contributed by atoms with E-state index in [9.17, 15) is 4.79 Å². The van der Waals surface area contributed by atoms with Crippen LogP contribution in [0.5, 0.6) is 0 Å². The molecule has 118 valence electrons. The van der Waals surface area contributed by atoms with Gasteiger partial charge in [0.05, 0.1) is 6.26 Å². The molecule has 3 heterocycles. The number of aromatic nitrogens is 2. The molecule has 2 unspecified atom stereocenters. The van der Waals surface area contributed by atoms with Crippen LogP contribution in [0.3, 0.4) is 0 Å². The van der Waals surface area contributed by atoms with E-state index in [1.54, 1.807) is 18.4 Å². The molecule has 0 spiro atoms. The van der Waals surface area contributed by atoms with Crippen LogP contribution in [0.4, 0.5) is 0 Å². The number of nitrogens with one attached hydrogen (secondary N) is 2. The van der Waals surface area contributed by atoms with Crippen LogP contribution in [0.1, 0.15) is 25.7 Å². The van der Waals surface area contributed by atoms with Crippen LogP contribution in [-0.2, 0) is 11.2 Å². The molecule has 1 aliphatic rings. The smallest absolute Gasteiger partial charge is 0.238 e. The molecule has 1 saturated heterocycles. The van der Waals surface area contributed by atoms with E-state index in [0.29, 0.717) is 36.2 Å². The van der Waals surface area contributed by atoms with Crippen LogP contribution in [0.15, 0.2) is 27.3 Å². The van der Waals surface area contributed by atoms with Crippen LogP contribution in [0, 0.1) is 5.92 Å². The minimum Gasteiger partial charge on any atom is -0.461 e. The molecule has 0 saturated carbocycles. The van der Waals surface area contributed by atoms with Crippen molar-refractivity contribution in [2.45, 2.75) is 32.2 Å². The van der Waals surface area contributed by atoms with Crippen molar-refractivity contribution in [3.05, 3.63) is 24.3 Å². The molecule has 2 N–H and O–H groups in total. The van der Waals surface area contributed by atoms with Gasteiger partial charge in [-0.05, 0) is 31.0 Å². The number of aryl methyl sites for hydroxylation is 1. The highest BCUT2D eigenvalue weighted by molar-refractivity contribution is 5.76. The Morgan fingerprint density at radius 3 is 3.23 bits per heavy atom. The Morgan fingerprint density at radius 1 is 1.55 bits per heavy atom. The first kappa shape index (κ1) is 14.8. The van der Waals surface area contributed by atoms with Crippen LogP contribution in [0.25, 0.3) is 11.6 Å². The average molecular weight is 304 g/mol.